The Morgan fingerprint density at radius 1 is 1.42 bits per heavy atom. The van der Waals surface area contributed by atoms with Crippen LogP contribution >= 0.6 is 0 Å². The van der Waals surface area contributed by atoms with E-state index < -0.39 is 5.41 Å². The highest BCUT2D eigenvalue weighted by Gasteiger charge is 2.27. The summed E-state index contributed by atoms with van der Waals surface area (Å²) in [5.41, 5.74) is -0.473. The van der Waals surface area contributed by atoms with Crippen LogP contribution in [0.3, 0.4) is 0 Å². The third kappa shape index (κ3) is 3.96. The lowest BCUT2D eigenvalue weighted by atomic mass is 9.91. The normalized spacial score (nSPS) is 17.9. The minimum Gasteiger partial charge on any atom is -0.491 e. The molecule has 0 aliphatic carbocycles. The van der Waals surface area contributed by atoms with Crippen molar-refractivity contribution in [2.24, 2.45) is 5.41 Å². The van der Waals surface area contributed by atoms with Crippen molar-refractivity contribution in [1.82, 2.24) is 0 Å². The van der Waals surface area contributed by atoms with Crippen LogP contribution in [0.1, 0.15) is 27.2 Å². The lowest BCUT2D eigenvalue weighted by Gasteiger charge is -2.20. The summed E-state index contributed by atoms with van der Waals surface area (Å²) in [6.45, 7) is 7.02. The van der Waals surface area contributed by atoms with Crippen LogP contribution in [0, 0.1) is 5.41 Å². The van der Waals surface area contributed by atoms with Gasteiger partial charge in [-0.05, 0) is 32.4 Å². The summed E-state index contributed by atoms with van der Waals surface area (Å²) in [7, 11) is 0. The zero-order valence-electron chi connectivity index (χ0n) is 11.6. The average molecular weight is 264 g/mol. The van der Waals surface area contributed by atoms with Gasteiger partial charge in [0.15, 0.2) is 0 Å². The highest BCUT2D eigenvalue weighted by Crippen LogP contribution is 2.26. The monoisotopic (exact) mass is 264 g/mol. The van der Waals surface area contributed by atoms with Crippen LogP contribution in [0.5, 0.6) is 11.5 Å². The number of ether oxygens (including phenoxy) is 3. The van der Waals surface area contributed by atoms with Crippen LogP contribution in [-0.4, -0.2) is 25.3 Å². The van der Waals surface area contributed by atoms with E-state index in [9.17, 15) is 4.79 Å². The summed E-state index contributed by atoms with van der Waals surface area (Å²) in [6, 6.07) is 7.13. The van der Waals surface area contributed by atoms with Crippen LogP contribution < -0.4 is 9.47 Å². The van der Waals surface area contributed by atoms with Crippen molar-refractivity contribution >= 4 is 5.97 Å². The molecule has 0 aromatic heterocycles. The van der Waals surface area contributed by atoms with E-state index in [1.165, 1.54) is 0 Å². The van der Waals surface area contributed by atoms with E-state index in [0.717, 1.165) is 13.0 Å². The molecule has 1 aromatic rings. The number of benzene rings is 1. The second-order valence-electron chi connectivity index (χ2n) is 5.37. The molecular formula is C15H20O4. The first-order valence-corrected chi connectivity index (χ1v) is 6.58. The predicted molar refractivity (Wildman–Crippen MR) is 71.4 cm³/mol. The molecule has 1 aliphatic heterocycles. The Kier molecular flexibility index (Phi) is 4.10. The van der Waals surface area contributed by atoms with Gasteiger partial charge in [-0.15, -0.1) is 0 Å². The SMILES string of the molecule is CCC(C)(C)C(=O)Oc1cccc(OCC2CO2)c1. The summed E-state index contributed by atoms with van der Waals surface area (Å²) in [5, 5.41) is 0. The Balaban J connectivity index is 1.95. The van der Waals surface area contributed by atoms with Gasteiger partial charge in [0.05, 0.1) is 12.0 Å². The molecule has 1 unspecified atom stereocenters. The fourth-order valence-electron chi connectivity index (χ4n) is 1.37. The number of carbonyl (C=O) groups excluding carboxylic acids is 1. The van der Waals surface area contributed by atoms with Crippen LogP contribution in [0.4, 0.5) is 0 Å². The van der Waals surface area contributed by atoms with Gasteiger partial charge in [-0.2, -0.15) is 0 Å². The molecule has 1 heterocycles. The maximum absolute atomic E-state index is 12.0. The standard InChI is InChI=1S/C15H20O4/c1-4-15(2,3)14(16)19-12-7-5-6-11(8-12)17-9-13-10-18-13/h5-8,13H,4,9-10H2,1-3H3. The van der Waals surface area contributed by atoms with E-state index in [0.29, 0.717) is 18.1 Å². The molecule has 1 fully saturated rings. The van der Waals surface area contributed by atoms with Gasteiger partial charge in [-0.3, -0.25) is 4.79 Å². The van der Waals surface area contributed by atoms with Gasteiger partial charge in [-0.1, -0.05) is 13.0 Å². The maximum Gasteiger partial charge on any atom is 0.316 e. The van der Waals surface area contributed by atoms with Gasteiger partial charge in [0.1, 0.15) is 24.2 Å². The molecule has 1 aromatic carbocycles. The Bertz CT molecular complexity index is 449. The van der Waals surface area contributed by atoms with Crippen molar-refractivity contribution in [3.8, 4) is 11.5 Å². The molecular weight excluding hydrogens is 244 g/mol. The fourth-order valence-corrected chi connectivity index (χ4v) is 1.37. The minimum atomic E-state index is -0.473. The van der Waals surface area contributed by atoms with Gasteiger partial charge in [0.25, 0.3) is 0 Å². The summed E-state index contributed by atoms with van der Waals surface area (Å²) in [4.78, 5) is 12.0. The van der Waals surface area contributed by atoms with Crippen molar-refractivity contribution in [3.63, 3.8) is 0 Å². The number of esters is 1. The van der Waals surface area contributed by atoms with Crippen molar-refractivity contribution < 1.29 is 19.0 Å². The second-order valence-corrected chi connectivity index (χ2v) is 5.37. The highest BCUT2D eigenvalue weighted by molar-refractivity contribution is 5.78. The third-order valence-electron chi connectivity index (χ3n) is 3.29. The molecule has 4 heteroatoms. The number of rotatable bonds is 6. The van der Waals surface area contributed by atoms with E-state index in [1.54, 1.807) is 12.1 Å². The van der Waals surface area contributed by atoms with Crippen molar-refractivity contribution in [2.75, 3.05) is 13.2 Å². The number of hydrogen-bond donors (Lipinski definition) is 0. The molecule has 1 aliphatic rings. The zero-order valence-corrected chi connectivity index (χ0v) is 11.6. The summed E-state index contributed by atoms with van der Waals surface area (Å²) in [6.07, 6.45) is 0.950. The topological polar surface area (TPSA) is 48.1 Å². The van der Waals surface area contributed by atoms with E-state index in [2.05, 4.69) is 0 Å². The highest BCUT2D eigenvalue weighted by atomic mass is 16.6. The molecule has 0 bridgehead atoms. The largest absolute Gasteiger partial charge is 0.491 e. The fraction of sp³-hybridized carbons (Fsp3) is 0.533. The minimum absolute atomic E-state index is 0.213. The summed E-state index contributed by atoms with van der Waals surface area (Å²) >= 11 is 0. The summed E-state index contributed by atoms with van der Waals surface area (Å²) < 4.78 is 16.0. The molecule has 0 spiro atoms. The number of epoxide rings is 1. The molecule has 1 saturated heterocycles. The Hall–Kier alpha value is -1.55. The molecule has 19 heavy (non-hydrogen) atoms. The van der Waals surface area contributed by atoms with Crippen molar-refractivity contribution in [1.29, 1.82) is 0 Å². The van der Waals surface area contributed by atoms with E-state index in [-0.39, 0.29) is 12.1 Å². The molecule has 0 amide bonds. The van der Waals surface area contributed by atoms with Crippen LogP contribution in [-0.2, 0) is 9.53 Å². The average Bonchev–Trinajstić information content (AvgIpc) is 3.21. The first-order chi connectivity index (χ1) is 9.01. The molecule has 104 valence electrons. The number of hydrogen-bond acceptors (Lipinski definition) is 4. The van der Waals surface area contributed by atoms with Crippen LogP contribution in [0.25, 0.3) is 0 Å². The maximum atomic E-state index is 12.0. The second kappa shape index (κ2) is 5.61. The van der Waals surface area contributed by atoms with Crippen molar-refractivity contribution in [3.05, 3.63) is 24.3 Å². The van der Waals surface area contributed by atoms with Gasteiger partial charge in [0, 0.05) is 6.07 Å². The summed E-state index contributed by atoms with van der Waals surface area (Å²) in [5.74, 6) is 0.980. The molecule has 0 N–H and O–H groups in total. The van der Waals surface area contributed by atoms with Gasteiger partial charge < -0.3 is 14.2 Å². The first-order valence-electron chi connectivity index (χ1n) is 6.58. The Morgan fingerprint density at radius 2 is 2.11 bits per heavy atom. The lowest BCUT2D eigenvalue weighted by molar-refractivity contribution is -0.144. The Labute approximate surface area is 113 Å². The van der Waals surface area contributed by atoms with E-state index >= 15 is 0 Å². The van der Waals surface area contributed by atoms with E-state index in [4.69, 9.17) is 14.2 Å². The van der Waals surface area contributed by atoms with E-state index in [1.807, 2.05) is 32.9 Å². The van der Waals surface area contributed by atoms with Gasteiger partial charge in [-0.25, -0.2) is 0 Å². The lowest BCUT2D eigenvalue weighted by Crippen LogP contribution is -2.28. The van der Waals surface area contributed by atoms with Crippen molar-refractivity contribution in [2.45, 2.75) is 33.3 Å². The quantitative estimate of drug-likeness (QED) is 0.450. The molecule has 0 radical (unpaired) electrons. The molecule has 0 saturated carbocycles. The Morgan fingerprint density at radius 3 is 2.74 bits per heavy atom. The van der Waals surface area contributed by atoms with Crippen LogP contribution in [0.15, 0.2) is 24.3 Å². The third-order valence-corrected chi connectivity index (χ3v) is 3.29. The molecule has 2 rings (SSSR count). The van der Waals surface area contributed by atoms with Gasteiger partial charge in [0.2, 0.25) is 0 Å². The predicted octanol–water partition coefficient (Wildman–Crippen LogP) is 2.81. The number of carbonyl (C=O) groups is 1. The van der Waals surface area contributed by atoms with Crippen LogP contribution in [0.2, 0.25) is 0 Å². The molecule has 4 nitrogen and oxygen atoms in total. The zero-order chi connectivity index (χ0) is 13.9. The molecule has 1 atom stereocenters. The first kappa shape index (κ1) is 13.9. The smallest absolute Gasteiger partial charge is 0.316 e. The van der Waals surface area contributed by atoms with Gasteiger partial charge >= 0.3 is 5.97 Å².